The van der Waals surface area contributed by atoms with Gasteiger partial charge in [-0.1, -0.05) is 0 Å². The number of hydrogen-bond donors (Lipinski definition) is 1. The van der Waals surface area contributed by atoms with Gasteiger partial charge in [-0.05, 0) is 37.5 Å². The van der Waals surface area contributed by atoms with Gasteiger partial charge >= 0.3 is 0 Å². The monoisotopic (exact) mass is 256 g/mol. The molecule has 3 rings (SSSR count). The Morgan fingerprint density at radius 1 is 1.16 bits per heavy atom. The van der Waals surface area contributed by atoms with Gasteiger partial charge in [-0.25, -0.2) is 0 Å². The van der Waals surface area contributed by atoms with E-state index in [4.69, 9.17) is 0 Å². The van der Waals surface area contributed by atoms with Gasteiger partial charge in [0.2, 0.25) is 0 Å². The topological polar surface area (TPSA) is 61.9 Å². The van der Waals surface area contributed by atoms with E-state index in [-0.39, 0.29) is 5.91 Å². The summed E-state index contributed by atoms with van der Waals surface area (Å²) in [6, 6.07) is 5.57. The zero-order chi connectivity index (χ0) is 13.1. The van der Waals surface area contributed by atoms with E-state index in [2.05, 4.69) is 15.2 Å². The minimum atomic E-state index is 0.0486. The zero-order valence-corrected chi connectivity index (χ0v) is 10.7. The van der Waals surface area contributed by atoms with Crippen molar-refractivity contribution in [3.63, 3.8) is 0 Å². The minimum absolute atomic E-state index is 0.0486. The highest BCUT2D eigenvalue weighted by Crippen LogP contribution is 2.18. The van der Waals surface area contributed by atoms with Crippen LogP contribution in [0.3, 0.4) is 0 Å². The fourth-order valence-electron chi connectivity index (χ4n) is 2.37. The Morgan fingerprint density at radius 3 is 2.63 bits per heavy atom. The van der Waals surface area contributed by atoms with E-state index in [0.717, 1.165) is 37.2 Å². The van der Waals surface area contributed by atoms with Crippen LogP contribution in [0.1, 0.15) is 29.8 Å². The van der Waals surface area contributed by atoms with Crippen LogP contribution >= 0.6 is 0 Å². The third-order valence-corrected chi connectivity index (χ3v) is 3.43. The molecule has 1 amide bonds. The molecule has 1 N–H and O–H groups in total. The molecule has 0 unspecified atom stereocenters. The summed E-state index contributed by atoms with van der Waals surface area (Å²) < 4.78 is 0. The van der Waals surface area contributed by atoms with Crippen molar-refractivity contribution in [3.05, 3.63) is 36.3 Å². The first-order chi connectivity index (χ1) is 9.34. The van der Waals surface area contributed by atoms with Gasteiger partial charge in [0, 0.05) is 31.0 Å². The lowest BCUT2D eigenvalue weighted by molar-refractivity contribution is 0.0718. The quantitative estimate of drug-likeness (QED) is 0.895. The van der Waals surface area contributed by atoms with Gasteiger partial charge in [-0.15, -0.1) is 0 Å². The molecule has 0 bridgehead atoms. The molecule has 3 heterocycles. The number of amides is 1. The Labute approximate surface area is 111 Å². The summed E-state index contributed by atoms with van der Waals surface area (Å²) in [5.74, 6) is 0.0486. The Morgan fingerprint density at radius 2 is 1.89 bits per heavy atom. The second-order valence-corrected chi connectivity index (χ2v) is 4.76. The van der Waals surface area contributed by atoms with Crippen LogP contribution in [0.15, 0.2) is 30.6 Å². The van der Waals surface area contributed by atoms with E-state index < -0.39 is 0 Å². The fraction of sp³-hybridized carbons (Fsp3) is 0.357. The molecule has 0 aliphatic carbocycles. The number of rotatable bonds is 2. The molecule has 0 saturated carbocycles. The van der Waals surface area contributed by atoms with Gasteiger partial charge < -0.3 is 4.90 Å². The molecule has 0 radical (unpaired) electrons. The first-order valence-electron chi connectivity index (χ1n) is 6.60. The van der Waals surface area contributed by atoms with Gasteiger partial charge in [-0.2, -0.15) is 5.10 Å². The maximum absolute atomic E-state index is 12.3. The van der Waals surface area contributed by atoms with E-state index in [9.17, 15) is 4.79 Å². The smallest absolute Gasteiger partial charge is 0.271 e. The summed E-state index contributed by atoms with van der Waals surface area (Å²) in [4.78, 5) is 18.2. The first kappa shape index (κ1) is 11.9. The van der Waals surface area contributed by atoms with Crippen molar-refractivity contribution in [2.45, 2.75) is 19.3 Å². The maximum atomic E-state index is 12.3. The van der Waals surface area contributed by atoms with Crippen LogP contribution in [0.4, 0.5) is 0 Å². The number of aromatic amines is 1. The Balaban J connectivity index is 1.79. The number of carbonyl (C=O) groups is 1. The summed E-state index contributed by atoms with van der Waals surface area (Å²) in [7, 11) is 0. The van der Waals surface area contributed by atoms with E-state index in [0.29, 0.717) is 5.69 Å². The molecular weight excluding hydrogens is 240 g/mol. The molecule has 2 aromatic heterocycles. The number of aromatic nitrogens is 3. The SMILES string of the molecule is O=C(c1cc(-c2ccncc2)n[nH]1)N1CCCCC1. The number of nitrogens with zero attached hydrogens (tertiary/aromatic N) is 3. The highest BCUT2D eigenvalue weighted by Gasteiger charge is 2.20. The van der Waals surface area contributed by atoms with Gasteiger partial charge in [-0.3, -0.25) is 14.9 Å². The second-order valence-electron chi connectivity index (χ2n) is 4.76. The molecule has 2 aromatic rings. The van der Waals surface area contributed by atoms with Gasteiger partial charge in [0.05, 0.1) is 5.69 Å². The Hall–Kier alpha value is -2.17. The normalized spacial score (nSPS) is 15.5. The van der Waals surface area contributed by atoms with Gasteiger partial charge in [0.25, 0.3) is 5.91 Å². The third kappa shape index (κ3) is 2.50. The molecule has 19 heavy (non-hydrogen) atoms. The summed E-state index contributed by atoms with van der Waals surface area (Å²) in [5, 5.41) is 7.04. The molecule has 1 fully saturated rings. The van der Waals surface area contributed by atoms with Crippen LogP contribution in [0, 0.1) is 0 Å². The van der Waals surface area contributed by atoms with Crippen molar-refractivity contribution in [2.75, 3.05) is 13.1 Å². The zero-order valence-electron chi connectivity index (χ0n) is 10.7. The van der Waals surface area contributed by atoms with Crippen LogP contribution in [0.5, 0.6) is 0 Å². The van der Waals surface area contributed by atoms with Crippen LogP contribution < -0.4 is 0 Å². The molecule has 1 aliphatic heterocycles. The number of piperidine rings is 1. The summed E-state index contributed by atoms with van der Waals surface area (Å²) in [5.41, 5.74) is 2.31. The summed E-state index contributed by atoms with van der Waals surface area (Å²) in [6.07, 6.45) is 6.84. The van der Waals surface area contributed by atoms with Gasteiger partial charge in [0.1, 0.15) is 5.69 Å². The number of carbonyl (C=O) groups excluding carboxylic acids is 1. The number of likely N-dealkylation sites (tertiary alicyclic amines) is 1. The highest BCUT2D eigenvalue weighted by molar-refractivity contribution is 5.93. The summed E-state index contributed by atoms with van der Waals surface area (Å²) in [6.45, 7) is 1.70. The van der Waals surface area contributed by atoms with Gasteiger partial charge in [0.15, 0.2) is 0 Å². The lowest BCUT2D eigenvalue weighted by Gasteiger charge is -2.25. The third-order valence-electron chi connectivity index (χ3n) is 3.43. The molecule has 0 atom stereocenters. The molecule has 0 spiro atoms. The number of hydrogen-bond acceptors (Lipinski definition) is 3. The van der Waals surface area contributed by atoms with Crippen molar-refractivity contribution in [2.24, 2.45) is 0 Å². The van der Waals surface area contributed by atoms with E-state index in [1.54, 1.807) is 12.4 Å². The highest BCUT2D eigenvalue weighted by atomic mass is 16.2. The van der Waals surface area contributed by atoms with E-state index >= 15 is 0 Å². The lowest BCUT2D eigenvalue weighted by Crippen LogP contribution is -2.35. The molecular formula is C14H16N4O. The predicted molar refractivity (Wildman–Crippen MR) is 71.6 cm³/mol. The molecule has 1 saturated heterocycles. The van der Waals surface area contributed by atoms with E-state index in [1.807, 2.05) is 23.1 Å². The van der Waals surface area contributed by atoms with Crippen molar-refractivity contribution < 1.29 is 4.79 Å². The average Bonchev–Trinajstić information content (AvgIpc) is 2.98. The molecule has 5 nitrogen and oxygen atoms in total. The fourth-order valence-corrected chi connectivity index (χ4v) is 2.37. The Kier molecular flexibility index (Phi) is 3.27. The largest absolute Gasteiger partial charge is 0.337 e. The van der Waals surface area contributed by atoms with Crippen molar-refractivity contribution in [1.29, 1.82) is 0 Å². The maximum Gasteiger partial charge on any atom is 0.271 e. The van der Waals surface area contributed by atoms with Crippen molar-refractivity contribution in [3.8, 4) is 11.3 Å². The van der Waals surface area contributed by atoms with Crippen LogP contribution in [-0.2, 0) is 0 Å². The first-order valence-corrected chi connectivity index (χ1v) is 6.60. The molecule has 98 valence electrons. The minimum Gasteiger partial charge on any atom is -0.337 e. The second kappa shape index (κ2) is 5.22. The number of H-pyrrole nitrogens is 1. The predicted octanol–water partition coefficient (Wildman–Crippen LogP) is 2.10. The van der Waals surface area contributed by atoms with E-state index in [1.165, 1.54) is 6.42 Å². The molecule has 0 aromatic carbocycles. The van der Waals surface area contributed by atoms with Crippen LogP contribution in [0.2, 0.25) is 0 Å². The summed E-state index contributed by atoms with van der Waals surface area (Å²) >= 11 is 0. The Bertz CT molecular complexity index is 558. The average molecular weight is 256 g/mol. The van der Waals surface area contributed by atoms with Crippen LogP contribution in [-0.4, -0.2) is 39.1 Å². The lowest BCUT2D eigenvalue weighted by atomic mass is 10.1. The van der Waals surface area contributed by atoms with Crippen molar-refractivity contribution in [1.82, 2.24) is 20.1 Å². The number of nitrogens with one attached hydrogen (secondary N) is 1. The molecule has 5 heteroatoms. The van der Waals surface area contributed by atoms with Crippen molar-refractivity contribution >= 4 is 5.91 Å². The molecule has 1 aliphatic rings. The number of pyridine rings is 1. The standard InChI is InChI=1S/C14H16N4O/c19-14(18-8-2-1-3-9-18)13-10-12(16-17-13)11-4-6-15-7-5-11/h4-7,10H,1-3,8-9H2,(H,16,17). The van der Waals surface area contributed by atoms with Crippen LogP contribution in [0.25, 0.3) is 11.3 Å².